The van der Waals surface area contributed by atoms with Crippen LogP contribution in [0.2, 0.25) is 0 Å². The molecule has 0 N–H and O–H groups in total. The molecule has 0 aliphatic heterocycles. The molecule has 0 bridgehead atoms. The quantitative estimate of drug-likeness (QED) is 0.708. The van der Waals surface area contributed by atoms with Gasteiger partial charge in [0.05, 0.1) is 0 Å². The van der Waals surface area contributed by atoms with E-state index in [1.165, 1.54) is 24.9 Å². The van der Waals surface area contributed by atoms with Crippen LogP contribution in [-0.4, -0.2) is 25.5 Å². The predicted molar refractivity (Wildman–Crippen MR) is 71.6 cm³/mol. The summed E-state index contributed by atoms with van der Waals surface area (Å²) in [6.45, 7) is 5.86. The average Bonchev–Trinajstić information content (AvgIpc) is 2.25. The van der Waals surface area contributed by atoms with Gasteiger partial charge in [0.1, 0.15) is 0 Å². The maximum atomic E-state index is 2.33. The van der Waals surface area contributed by atoms with Crippen molar-refractivity contribution in [3.05, 3.63) is 35.9 Å². The minimum atomic E-state index is 0.770. The molecule has 16 heavy (non-hydrogen) atoms. The van der Waals surface area contributed by atoms with E-state index in [4.69, 9.17) is 0 Å². The van der Waals surface area contributed by atoms with Crippen LogP contribution in [0.25, 0.3) is 0 Å². The molecule has 0 heterocycles. The summed E-state index contributed by atoms with van der Waals surface area (Å²) in [6, 6.07) is 10.8. The van der Waals surface area contributed by atoms with E-state index in [1.807, 2.05) is 0 Å². The lowest BCUT2D eigenvalue weighted by atomic mass is 9.89. The van der Waals surface area contributed by atoms with E-state index >= 15 is 0 Å². The summed E-state index contributed by atoms with van der Waals surface area (Å²) < 4.78 is 0. The SMILES string of the molecule is CC(C)C(CCc1ccccc1)CN(C)C. The lowest BCUT2D eigenvalue weighted by molar-refractivity contribution is 0.256. The number of aryl methyl sites for hydroxylation is 1. The summed E-state index contributed by atoms with van der Waals surface area (Å²) in [5.74, 6) is 1.57. The van der Waals surface area contributed by atoms with Crippen molar-refractivity contribution in [3.8, 4) is 0 Å². The van der Waals surface area contributed by atoms with Crippen LogP contribution < -0.4 is 0 Å². The van der Waals surface area contributed by atoms with Crippen LogP contribution in [0.3, 0.4) is 0 Å². The molecule has 1 aromatic carbocycles. The van der Waals surface area contributed by atoms with Crippen molar-refractivity contribution in [2.45, 2.75) is 26.7 Å². The lowest BCUT2D eigenvalue weighted by Gasteiger charge is -2.24. The van der Waals surface area contributed by atoms with Gasteiger partial charge in [-0.2, -0.15) is 0 Å². The van der Waals surface area contributed by atoms with Crippen molar-refractivity contribution in [1.29, 1.82) is 0 Å². The summed E-state index contributed by atoms with van der Waals surface area (Å²) in [6.07, 6.45) is 2.50. The summed E-state index contributed by atoms with van der Waals surface area (Å²) in [5, 5.41) is 0. The third-order valence-corrected chi connectivity index (χ3v) is 3.19. The molecule has 1 atom stereocenters. The minimum Gasteiger partial charge on any atom is -0.309 e. The summed E-state index contributed by atoms with van der Waals surface area (Å²) in [7, 11) is 4.33. The smallest absolute Gasteiger partial charge is 0.000612 e. The maximum absolute atomic E-state index is 2.33. The number of benzene rings is 1. The second kappa shape index (κ2) is 6.70. The van der Waals surface area contributed by atoms with E-state index in [2.05, 4.69) is 63.2 Å². The molecule has 0 amide bonds. The van der Waals surface area contributed by atoms with Crippen molar-refractivity contribution in [1.82, 2.24) is 4.90 Å². The second-order valence-corrected chi connectivity index (χ2v) is 5.29. The Morgan fingerprint density at radius 1 is 1.06 bits per heavy atom. The van der Waals surface area contributed by atoms with Gasteiger partial charge in [-0.1, -0.05) is 44.2 Å². The van der Waals surface area contributed by atoms with E-state index < -0.39 is 0 Å². The fourth-order valence-corrected chi connectivity index (χ4v) is 2.10. The van der Waals surface area contributed by atoms with E-state index in [0.29, 0.717) is 0 Å². The fraction of sp³-hybridized carbons (Fsp3) is 0.600. The number of nitrogens with zero attached hydrogens (tertiary/aromatic N) is 1. The van der Waals surface area contributed by atoms with Gasteiger partial charge < -0.3 is 4.90 Å². The van der Waals surface area contributed by atoms with Gasteiger partial charge in [0.2, 0.25) is 0 Å². The van der Waals surface area contributed by atoms with Gasteiger partial charge in [0, 0.05) is 6.54 Å². The summed E-state index contributed by atoms with van der Waals surface area (Å²) in [5.41, 5.74) is 1.46. The Morgan fingerprint density at radius 2 is 1.69 bits per heavy atom. The predicted octanol–water partition coefficient (Wildman–Crippen LogP) is 3.45. The van der Waals surface area contributed by atoms with Crippen molar-refractivity contribution >= 4 is 0 Å². The van der Waals surface area contributed by atoms with Gasteiger partial charge in [-0.25, -0.2) is 0 Å². The number of hydrogen-bond acceptors (Lipinski definition) is 1. The van der Waals surface area contributed by atoms with Crippen LogP contribution in [0.15, 0.2) is 30.3 Å². The maximum Gasteiger partial charge on any atom is 0.000612 e. The molecule has 0 spiro atoms. The fourth-order valence-electron chi connectivity index (χ4n) is 2.10. The average molecular weight is 219 g/mol. The van der Waals surface area contributed by atoms with E-state index in [0.717, 1.165) is 11.8 Å². The first-order valence-corrected chi connectivity index (χ1v) is 6.28. The monoisotopic (exact) mass is 219 g/mol. The first-order chi connectivity index (χ1) is 7.59. The standard InChI is InChI=1S/C15H25N/c1-13(2)15(12-16(3)4)11-10-14-8-6-5-7-9-14/h5-9,13,15H,10-12H2,1-4H3. The molecule has 0 fully saturated rings. The van der Waals surface area contributed by atoms with Gasteiger partial charge in [-0.3, -0.25) is 0 Å². The van der Waals surface area contributed by atoms with Crippen LogP contribution >= 0.6 is 0 Å². The Labute approximate surface area is 100 Å². The molecular formula is C15H25N. The Morgan fingerprint density at radius 3 is 2.19 bits per heavy atom. The molecule has 90 valence electrons. The van der Waals surface area contributed by atoms with Gasteiger partial charge in [0.25, 0.3) is 0 Å². The van der Waals surface area contributed by atoms with E-state index in [-0.39, 0.29) is 0 Å². The molecular weight excluding hydrogens is 194 g/mol. The topological polar surface area (TPSA) is 3.24 Å². The van der Waals surface area contributed by atoms with Gasteiger partial charge in [-0.15, -0.1) is 0 Å². The Kier molecular flexibility index (Phi) is 5.54. The summed E-state index contributed by atoms with van der Waals surface area (Å²) in [4.78, 5) is 2.30. The molecule has 0 aromatic heterocycles. The van der Waals surface area contributed by atoms with Crippen LogP contribution in [0.4, 0.5) is 0 Å². The third-order valence-electron chi connectivity index (χ3n) is 3.19. The minimum absolute atomic E-state index is 0.770. The normalized spacial score (nSPS) is 13.4. The number of rotatable bonds is 6. The van der Waals surface area contributed by atoms with Gasteiger partial charge >= 0.3 is 0 Å². The molecule has 0 radical (unpaired) electrons. The Hall–Kier alpha value is -0.820. The largest absolute Gasteiger partial charge is 0.309 e. The molecule has 1 unspecified atom stereocenters. The third kappa shape index (κ3) is 4.80. The van der Waals surface area contributed by atoms with Crippen LogP contribution in [0.5, 0.6) is 0 Å². The molecule has 1 rings (SSSR count). The lowest BCUT2D eigenvalue weighted by Crippen LogP contribution is -2.25. The van der Waals surface area contributed by atoms with E-state index in [1.54, 1.807) is 0 Å². The Bertz CT molecular complexity index is 277. The van der Waals surface area contributed by atoms with Crippen molar-refractivity contribution in [2.24, 2.45) is 11.8 Å². The zero-order valence-corrected chi connectivity index (χ0v) is 11.1. The van der Waals surface area contributed by atoms with Gasteiger partial charge in [-0.05, 0) is 44.3 Å². The molecule has 0 saturated carbocycles. The molecule has 1 aromatic rings. The highest BCUT2D eigenvalue weighted by molar-refractivity contribution is 5.14. The molecule has 1 heteroatoms. The highest BCUT2D eigenvalue weighted by atomic mass is 15.1. The van der Waals surface area contributed by atoms with Crippen LogP contribution in [0, 0.1) is 11.8 Å². The molecule has 0 aliphatic carbocycles. The van der Waals surface area contributed by atoms with Crippen molar-refractivity contribution in [3.63, 3.8) is 0 Å². The highest BCUT2D eigenvalue weighted by Gasteiger charge is 2.14. The van der Waals surface area contributed by atoms with Crippen molar-refractivity contribution < 1.29 is 0 Å². The Balaban J connectivity index is 2.44. The van der Waals surface area contributed by atoms with Crippen LogP contribution in [0.1, 0.15) is 25.8 Å². The molecule has 0 aliphatic rings. The molecule has 1 nitrogen and oxygen atoms in total. The first-order valence-electron chi connectivity index (χ1n) is 6.28. The zero-order valence-electron chi connectivity index (χ0n) is 11.1. The summed E-state index contributed by atoms with van der Waals surface area (Å²) >= 11 is 0. The van der Waals surface area contributed by atoms with Crippen molar-refractivity contribution in [2.75, 3.05) is 20.6 Å². The first kappa shape index (κ1) is 13.2. The van der Waals surface area contributed by atoms with Gasteiger partial charge in [0.15, 0.2) is 0 Å². The molecule has 0 saturated heterocycles. The number of hydrogen-bond donors (Lipinski definition) is 0. The highest BCUT2D eigenvalue weighted by Crippen LogP contribution is 2.18. The zero-order chi connectivity index (χ0) is 12.0. The second-order valence-electron chi connectivity index (χ2n) is 5.29. The van der Waals surface area contributed by atoms with E-state index in [9.17, 15) is 0 Å². The van der Waals surface area contributed by atoms with Crippen LogP contribution in [-0.2, 0) is 6.42 Å².